The normalized spacial score (nSPS) is 9.69. The molecule has 0 saturated heterocycles. The van der Waals surface area contributed by atoms with Crippen LogP contribution in [0.4, 0.5) is 5.69 Å². The van der Waals surface area contributed by atoms with Crippen LogP contribution in [0.3, 0.4) is 0 Å². The number of hydrogen-bond acceptors (Lipinski definition) is 5. The zero-order valence-corrected chi connectivity index (χ0v) is 7.94. The molecule has 0 radical (unpaired) electrons. The van der Waals surface area contributed by atoms with Gasteiger partial charge in [0.25, 0.3) is 0 Å². The van der Waals surface area contributed by atoms with Gasteiger partial charge in [0, 0.05) is 12.3 Å². The topological polar surface area (TPSA) is 97.6 Å². The van der Waals surface area contributed by atoms with E-state index in [0.29, 0.717) is 5.69 Å². The zero-order chi connectivity index (χ0) is 11.5. The maximum Gasteiger partial charge on any atom is 0.307 e. The minimum atomic E-state index is -0.532. The molecule has 0 fully saturated rings. The van der Waals surface area contributed by atoms with Gasteiger partial charge in [-0.05, 0) is 6.07 Å². The van der Waals surface area contributed by atoms with E-state index in [4.69, 9.17) is 5.26 Å². The predicted molar refractivity (Wildman–Crippen MR) is 52.7 cm³/mol. The molecule has 7 nitrogen and oxygen atoms in total. The summed E-state index contributed by atoms with van der Waals surface area (Å²) < 4.78 is 1.32. The summed E-state index contributed by atoms with van der Waals surface area (Å²) in [6, 6.07) is 4.99. The Morgan fingerprint density at radius 1 is 1.56 bits per heavy atom. The molecule has 16 heavy (non-hydrogen) atoms. The van der Waals surface area contributed by atoms with Crippen molar-refractivity contribution in [2.24, 2.45) is 0 Å². The van der Waals surface area contributed by atoms with Crippen LogP contribution in [0.1, 0.15) is 5.69 Å². The van der Waals surface area contributed by atoms with Crippen LogP contribution in [0.25, 0.3) is 5.69 Å². The molecule has 0 saturated carbocycles. The van der Waals surface area contributed by atoms with Crippen molar-refractivity contribution in [3.05, 3.63) is 46.5 Å². The first kappa shape index (κ1) is 9.79. The summed E-state index contributed by atoms with van der Waals surface area (Å²) in [6.07, 6.45) is 3.87. The molecule has 0 atom stereocenters. The summed E-state index contributed by atoms with van der Waals surface area (Å²) in [5.74, 6) is 0. The Balaban J connectivity index is 2.43. The molecule has 0 aliphatic carbocycles. The molecule has 0 aliphatic rings. The van der Waals surface area contributed by atoms with E-state index in [9.17, 15) is 10.1 Å². The number of hydrogen-bond donors (Lipinski definition) is 0. The molecule has 2 rings (SSSR count). The number of rotatable bonds is 2. The Kier molecular flexibility index (Phi) is 2.31. The van der Waals surface area contributed by atoms with Crippen LogP contribution >= 0.6 is 0 Å². The van der Waals surface area contributed by atoms with E-state index < -0.39 is 4.92 Å². The van der Waals surface area contributed by atoms with Gasteiger partial charge in [0.2, 0.25) is 0 Å². The van der Waals surface area contributed by atoms with Gasteiger partial charge in [-0.2, -0.15) is 10.4 Å². The molecule has 2 heterocycles. The van der Waals surface area contributed by atoms with E-state index in [2.05, 4.69) is 10.1 Å². The molecule has 0 unspecified atom stereocenters. The van der Waals surface area contributed by atoms with Gasteiger partial charge < -0.3 is 0 Å². The molecule has 7 heteroatoms. The lowest BCUT2D eigenvalue weighted by Gasteiger charge is -1.98. The van der Waals surface area contributed by atoms with Gasteiger partial charge >= 0.3 is 5.69 Å². The van der Waals surface area contributed by atoms with Gasteiger partial charge in [-0.3, -0.25) is 10.1 Å². The summed E-state index contributed by atoms with van der Waals surface area (Å²) in [4.78, 5) is 13.7. The van der Waals surface area contributed by atoms with E-state index in [0.717, 1.165) is 6.20 Å². The second kappa shape index (κ2) is 3.78. The van der Waals surface area contributed by atoms with Gasteiger partial charge in [-0.25, -0.2) is 9.67 Å². The lowest BCUT2D eigenvalue weighted by molar-refractivity contribution is -0.384. The second-order valence-electron chi connectivity index (χ2n) is 2.91. The number of aromatic nitrogens is 3. The fraction of sp³-hybridized carbons (Fsp3) is 0. The molecule has 0 amide bonds. The standard InChI is InChI=1S/C9H5N5O2/c10-4-7-3-8(1-2-11-7)13-6-9(5-12-13)14(15)16/h1-3,5-6H. The van der Waals surface area contributed by atoms with Crippen LogP contribution in [-0.2, 0) is 0 Å². The molecule has 2 aromatic rings. The Bertz CT molecular complexity index is 584. The zero-order valence-electron chi connectivity index (χ0n) is 7.94. The third kappa shape index (κ3) is 1.72. The highest BCUT2D eigenvalue weighted by atomic mass is 16.6. The highest BCUT2D eigenvalue weighted by Gasteiger charge is 2.09. The fourth-order valence-electron chi connectivity index (χ4n) is 1.17. The Labute approximate surface area is 89.7 Å². The van der Waals surface area contributed by atoms with Crippen LogP contribution < -0.4 is 0 Å². The largest absolute Gasteiger partial charge is 0.307 e. The molecule has 2 aromatic heterocycles. The smallest absolute Gasteiger partial charge is 0.258 e. The summed E-state index contributed by atoms with van der Waals surface area (Å²) in [5, 5.41) is 22.9. The van der Waals surface area contributed by atoms with Crippen molar-refractivity contribution in [3.8, 4) is 11.8 Å². The first-order valence-electron chi connectivity index (χ1n) is 4.26. The Morgan fingerprint density at radius 2 is 2.38 bits per heavy atom. The Morgan fingerprint density at radius 3 is 3.00 bits per heavy atom. The van der Waals surface area contributed by atoms with Crippen molar-refractivity contribution in [2.45, 2.75) is 0 Å². The average molecular weight is 215 g/mol. The monoisotopic (exact) mass is 215 g/mol. The summed E-state index contributed by atoms with van der Waals surface area (Å²) in [7, 11) is 0. The minimum Gasteiger partial charge on any atom is -0.258 e. The maximum absolute atomic E-state index is 10.5. The molecular weight excluding hydrogens is 210 g/mol. The number of nitrogens with zero attached hydrogens (tertiary/aromatic N) is 5. The molecule has 78 valence electrons. The van der Waals surface area contributed by atoms with E-state index >= 15 is 0 Å². The molecule has 0 N–H and O–H groups in total. The van der Waals surface area contributed by atoms with Crippen LogP contribution in [-0.4, -0.2) is 19.7 Å². The van der Waals surface area contributed by atoms with Crippen molar-refractivity contribution in [1.29, 1.82) is 5.26 Å². The van der Waals surface area contributed by atoms with Gasteiger partial charge in [0.1, 0.15) is 24.2 Å². The third-order valence-electron chi connectivity index (χ3n) is 1.90. The van der Waals surface area contributed by atoms with Gasteiger partial charge in [0.05, 0.1) is 10.6 Å². The molecule has 0 bridgehead atoms. The summed E-state index contributed by atoms with van der Waals surface area (Å²) >= 11 is 0. The third-order valence-corrected chi connectivity index (χ3v) is 1.90. The van der Waals surface area contributed by atoms with Crippen molar-refractivity contribution in [1.82, 2.24) is 14.8 Å². The van der Waals surface area contributed by atoms with Gasteiger partial charge in [0.15, 0.2) is 0 Å². The number of nitro groups is 1. The fourth-order valence-corrected chi connectivity index (χ4v) is 1.17. The summed E-state index contributed by atoms with van der Waals surface area (Å²) in [6.45, 7) is 0. The van der Waals surface area contributed by atoms with Crippen LogP contribution in [0.5, 0.6) is 0 Å². The van der Waals surface area contributed by atoms with Gasteiger partial charge in [-0.1, -0.05) is 0 Å². The minimum absolute atomic E-state index is 0.102. The lowest BCUT2D eigenvalue weighted by Crippen LogP contribution is -1.95. The Hall–Kier alpha value is -2.75. The van der Waals surface area contributed by atoms with Crippen molar-refractivity contribution < 1.29 is 4.92 Å². The quantitative estimate of drug-likeness (QED) is 0.550. The number of pyridine rings is 1. The van der Waals surface area contributed by atoms with E-state index in [1.54, 1.807) is 6.07 Å². The van der Waals surface area contributed by atoms with Crippen LogP contribution in [0, 0.1) is 21.4 Å². The first-order valence-corrected chi connectivity index (χ1v) is 4.26. The number of nitriles is 1. The van der Waals surface area contributed by atoms with Crippen LogP contribution in [0.15, 0.2) is 30.7 Å². The van der Waals surface area contributed by atoms with Crippen molar-refractivity contribution in [2.75, 3.05) is 0 Å². The molecule has 0 aromatic carbocycles. The van der Waals surface area contributed by atoms with Crippen molar-refractivity contribution >= 4 is 5.69 Å². The highest BCUT2D eigenvalue weighted by molar-refractivity contribution is 5.37. The highest BCUT2D eigenvalue weighted by Crippen LogP contribution is 2.13. The van der Waals surface area contributed by atoms with E-state index in [-0.39, 0.29) is 11.4 Å². The second-order valence-corrected chi connectivity index (χ2v) is 2.91. The lowest BCUT2D eigenvalue weighted by atomic mass is 10.3. The maximum atomic E-state index is 10.5. The average Bonchev–Trinajstić information content (AvgIpc) is 2.78. The van der Waals surface area contributed by atoms with E-state index in [1.807, 2.05) is 6.07 Å². The van der Waals surface area contributed by atoms with Crippen LogP contribution in [0.2, 0.25) is 0 Å². The molecular formula is C9H5N5O2. The summed E-state index contributed by atoms with van der Waals surface area (Å²) in [5.41, 5.74) is 0.686. The van der Waals surface area contributed by atoms with E-state index in [1.165, 1.54) is 23.1 Å². The van der Waals surface area contributed by atoms with Crippen molar-refractivity contribution in [3.63, 3.8) is 0 Å². The molecule has 0 aliphatic heterocycles. The van der Waals surface area contributed by atoms with Gasteiger partial charge in [-0.15, -0.1) is 0 Å². The SMILES string of the molecule is N#Cc1cc(-n2cc([N+](=O)[O-])cn2)ccn1. The first-order chi connectivity index (χ1) is 7.70. The molecule has 0 spiro atoms. The predicted octanol–water partition coefficient (Wildman–Crippen LogP) is 1.05.